The Morgan fingerprint density at radius 2 is 1.73 bits per heavy atom. The Morgan fingerprint density at radius 1 is 1.09 bits per heavy atom. The molecular weight excluding hydrogens is 345 g/mol. The van der Waals surface area contributed by atoms with Gasteiger partial charge in [0.2, 0.25) is 0 Å². The fourth-order valence-electron chi connectivity index (χ4n) is 2.36. The fourth-order valence-corrected chi connectivity index (χ4v) is 4.07. The first-order valence-electron chi connectivity index (χ1n) is 7.01. The van der Waals surface area contributed by atoms with Crippen LogP contribution in [0, 0.1) is 0 Å². The van der Waals surface area contributed by atoms with Crippen LogP contribution in [0.25, 0.3) is 0 Å². The van der Waals surface area contributed by atoms with Crippen LogP contribution in [0.15, 0.2) is 60.7 Å². The van der Waals surface area contributed by atoms with Crippen molar-refractivity contribution in [2.24, 2.45) is 0 Å². The number of nitrogens with zero attached hydrogens (tertiary/aromatic N) is 1. The minimum absolute atomic E-state index is 0.151. The van der Waals surface area contributed by atoms with Gasteiger partial charge in [0.15, 0.2) is 0 Å². The quantitative estimate of drug-likeness (QED) is 0.786. The number of imide groups is 1. The molecule has 112 valence electrons. The third kappa shape index (κ3) is 3.38. The summed E-state index contributed by atoms with van der Waals surface area (Å²) in [5, 5.41) is 0. The van der Waals surface area contributed by atoms with Crippen LogP contribution in [0.3, 0.4) is 0 Å². The first-order chi connectivity index (χ1) is 10.7. The standard InChI is InChI=1S/C17H15NO3Se/c19-16-18(17(20)22-15-9-5-2-6-10-15)14(12-21-16)11-13-7-3-1-4-8-13/h1-10,14H,11-12H2/t14-/m0/s1. The van der Waals surface area contributed by atoms with Crippen molar-refractivity contribution in [1.82, 2.24) is 4.90 Å². The number of benzene rings is 2. The Hall–Kier alpha value is -2.10. The van der Waals surface area contributed by atoms with Gasteiger partial charge < -0.3 is 0 Å². The zero-order chi connectivity index (χ0) is 15.4. The van der Waals surface area contributed by atoms with Crippen LogP contribution in [-0.2, 0) is 11.2 Å². The Balaban J connectivity index is 1.72. The molecule has 4 nitrogen and oxygen atoms in total. The number of hydrogen-bond donors (Lipinski definition) is 0. The molecule has 22 heavy (non-hydrogen) atoms. The van der Waals surface area contributed by atoms with E-state index in [0.29, 0.717) is 6.42 Å². The van der Waals surface area contributed by atoms with Gasteiger partial charge in [-0.05, 0) is 0 Å². The summed E-state index contributed by atoms with van der Waals surface area (Å²) >= 11 is -0.417. The van der Waals surface area contributed by atoms with E-state index in [1.165, 1.54) is 4.90 Å². The average molecular weight is 360 g/mol. The van der Waals surface area contributed by atoms with Gasteiger partial charge in [-0.1, -0.05) is 0 Å². The van der Waals surface area contributed by atoms with E-state index in [-0.39, 0.29) is 17.5 Å². The Morgan fingerprint density at radius 3 is 2.41 bits per heavy atom. The van der Waals surface area contributed by atoms with Gasteiger partial charge in [0.25, 0.3) is 0 Å². The number of ether oxygens (including phenoxy) is 1. The van der Waals surface area contributed by atoms with Crippen molar-refractivity contribution in [3.63, 3.8) is 0 Å². The summed E-state index contributed by atoms with van der Waals surface area (Å²) in [4.78, 5) is 25.5. The molecule has 5 heteroatoms. The van der Waals surface area contributed by atoms with Crippen LogP contribution < -0.4 is 4.46 Å². The molecular formula is C17H15NO3Se. The molecule has 0 spiro atoms. The second kappa shape index (κ2) is 6.77. The van der Waals surface area contributed by atoms with E-state index < -0.39 is 21.1 Å². The molecule has 0 saturated carbocycles. The van der Waals surface area contributed by atoms with Gasteiger partial charge in [-0.3, -0.25) is 0 Å². The van der Waals surface area contributed by atoms with Crippen molar-refractivity contribution < 1.29 is 14.3 Å². The molecule has 1 heterocycles. The van der Waals surface area contributed by atoms with E-state index in [9.17, 15) is 9.59 Å². The van der Waals surface area contributed by atoms with E-state index in [1.807, 2.05) is 60.7 Å². The topological polar surface area (TPSA) is 46.6 Å². The summed E-state index contributed by atoms with van der Waals surface area (Å²) in [7, 11) is 0. The molecule has 0 radical (unpaired) electrons. The Bertz CT molecular complexity index is 660. The zero-order valence-corrected chi connectivity index (χ0v) is 13.6. The maximum atomic E-state index is 12.5. The second-order valence-corrected chi connectivity index (χ2v) is 7.12. The molecule has 2 amide bonds. The number of amides is 2. The van der Waals surface area contributed by atoms with Crippen molar-refractivity contribution in [1.29, 1.82) is 0 Å². The van der Waals surface area contributed by atoms with Crippen molar-refractivity contribution >= 4 is 30.3 Å². The van der Waals surface area contributed by atoms with Gasteiger partial charge in [-0.15, -0.1) is 0 Å². The van der Waals surface area contributed by atoms with Gasteiger partial charge in [0.1, 0.15) is 0 Å². The molecule has 2 aromatic rings. The molecule has 1 saturated heterocycles. The first-order valence-corrected chi connectivity index (χ1v) is 8.72. The third-order valence-electron chi connectivity index (χ3n) is 3.42. The van der Waals surface area contributed by atoms with Crippen LogP contribution in [0.2, 0.25) is 0 Å². The van der Waals surface area contributed by atoms with Gasteiger partial charge >= 0.3 is 135 Å². The number of carbonyl (C=O) groups excluding carboxylic acids is 2. The molecule has 0 N–H and O–H groups in total. The SMILES string of the molecule is O=C1OC[C@H](Cc2ccccc2)N1C(=O)[Se]c1ccccc1. The Kier molecular flexibility index (Phi) is 4.56. The molecule has 0 aliphatic carbocycles. The van der Waals surface area contributed by atoms with Crippen LogP contribution in [0.5, 0.6) is 0 Å². The third-order valence-corrected chi connectivity index (χ3v) is 5.26. The molecule has 1 fully saturated rings. The van der Waals surface area contributed by atoms with Crippen molar-refractivity contribution in [2.75, 3.05) is 6.61 Å². The van der Waals surface area contributed by atoms with Gasteiger partial charge in [-0.2, -0.15) is 0 Å². The normalized spacial score (nSPS) is 17.4. The summed E-state index contributed by atoms with van der Waals surface area (Å²) in [6, 6.07) is 19.1. The summed E-state index contributed by atoms with van der Waals surface area (Å²) < 4.78 is 6.04. The first kappa shape index (κ1) is 14.8. The fraction of sp³-hybridized carbons (Fsp3) is 0.176. The molecule has 0 aromatic heterocycles. The van der Waals surface area contributed by atoms with Gasteiger partial charge in [0.05, 0.1) is 0 Å². The van der Waals surface area contributed by atoms with Gasteiger partial charge in [0, 0.05) is 0 Å². The van der Waals surface area contributed by atoms with Crippen LogP contribution in [-0.4, -0.2) is 43.4 Å². The Labute approximate surface area is 135 Å². The van der Waals surface area contributed by atoms with E-state index in [1.54, 1.807) is 0 Å². The molecule has 0 unspecified atom stereocenters. The molecule has 2 aromatic carbocycles. The summed E-state index contributed by atoms with van der Waals surface area (Å²) in [6.45, 7) is 0.268. The maximum absolute atomic E-state index is 12.5. The number of carbonyl (C=O) groups is 2. The van der Waals surface area contributed by atoms with Crippen molar-refractivity contribution in [2.45, 2.75) is 12.5 Å². The van der Waals surface area contributed by atoms with Crippen LogP contribution >= 0.6 is 0 Å². The van der Waals surface area contributed by atoms with E-state index in [4.69, 9.17) is 4.74 Å². The minimum atomic E-state index is -0.524. The summed E-state index contributed by atoms with van der Waals surface area (Å²) in [5.41, 5.74) is 1.09. The van der Waals surface area contributed by atoms with E-state index >= 15 is 0 Å². The van der Waals surface area contributed by atoms with E-state index in [0.717, 1.165) is 10.0 Å². The molecule has 1 aliphatic heterocycles. The van der Waals surface area contributed by atoms with Crippen LogP contribution in [0.4, 0.5) is 9.59 Å². The molecule has 1 atom stereocenters. The molecule has 1 aliphatic rings. The van der Waals surface area contributed by atoms with E-state index in [2.05, 4.69) is 0 Å². The second-order valence-electron chi connectivity index (χ2n) is 4.97. The number of rotatable bonds is 4. The summed E-state index contributed by atoms with van der Waals surface area (Å²) in [5.74, 6) is 0. The predicted molar refractivity (Wildman–Crippen MR) is 84.3 cm³/mol. The monoisotopic (exact) mass is 361 g/mol. The average Bonchev–Trinajstić information content (AvgIpc) is 2.90. The van der Waals surface area contributed by atoms with Crippen molar-refractivity contribution in [3.05, 3.63) is 66.2 Å². The number of hydrogen-bond acceptors (Lipinski definition) is 3. The van der Waals surface area contributed by atoms with Crippen LogP contribution in [0.1, 0.15) is 5.56 Å². The number of cyclic esters (lactones) is 1. The van der Waals surface area contributed by atoms with Crippen molar-refractivity contribution in [3.8, 4) is 0 Å². The zero-order valence-electron chi connectivity index (χ0n) is 11.8. The summed E-state index contributed by atoms with van der Waals surface area (Å²) in [6.07, 6.45) is 0.104. The molecule has 3 rings (SSSR count). The van der Waals surface area contributed by atoms with Gasteiger partial charge in [-0.25, -0.2) is 0 Å². The molecule has 0 bridgehead atoms. The predicted octanol–water partition coefficient (Wildman–Crippen LogP) is 2.20.